The van der Waals surface area contributed by atoms with Gasteiger partial charge in [0.2, 0.25) is 0 Å². The van der Waals surface area contributed by atoms with Crippen LogP contribution in [0.15, 0.2) is 12.2 Å². The number of aliphatic hydroxyl groups is 1. The summed E-state index contributed by atoms with van der Waals surface area (Å²) in [7, 11) is 0. The van der Waals surface area contributed by atoms with Gasteiger partial charge >= 0.3 is 0 Å². The maximum atomic E-state index is 11.7. The SMILES string of the molecule is C[C@H](O)C(=O)[C@@H]1C[C@@H]2C=C[C@@]1(C)C2. The van der Waals surface area contributed by atoms with Gasteiger partial charge in [-0.1, -0.05) is 19.1 Å². The Bertz CT molecular complexity index is 267. The van der Waals surface area contributed by atoms with E-state index in [2.05, 4.69) is 19.1 Å². The molecule has 1 saturated carbocycles. The van der Waals surface area contributed by atoms with Gasteiger partial charge in [-0.05, 0) is 31.1 Å². The van der Waals surface area contributed by atoms with Gasteiger partial charge in [-0.15, -0.1) is 0 Å². The van der Waals surface area contributed by atoms with Crippen molar-refractivity contribution in [2.75, 3.05) is 0 Å². The van der Waals surface area contributed by atoms with E-state index >= 15 is 0 Å². The molecule has 0 aromatic carbocycles. The average molecular weight is 180 g/mol. The second-order valence-electron chi connectivity index (χ2n) is 4.70. The molecule has 2 aliphatic rings. The van der Waals surface area contributed by atoms with E-state index in [0.29, 0.717) is 5.92 Å². The molecular formula is C11H16O2. The molecule has 0 amide bonds. The molecule has 2 bridgehead atoms. The number of hydrogen-bond donors (Lipinski definition) is 1. The Hall–Kier alpha value is -0.630. The quantitative estimate of drug-likeness (QED) is 0.654. The Morgan fingerprint density at radius 3 is 2.77 bits per heavy atom. The molecule has 72 valence electrons. The van der Waals surface area contributed by atoms with E-state index in [4.69, 9.17) is 0 Å². The van der Waals surface area contributed by atoms with Crippen LogP contribution >= 0.6 is 0 Å². The van der Waals surface area contributed by atoms with Crippen LogP contribution in [0.4, 0.5) is 0 Å². The number of Topliss-reactive ketones (excluding diaryl/α,β-unsaturated/α-hetero) is 1. The monoisotopic (exact) mass is 180 g/mol. The summed E-state index contributed by atoms with van der Waals surface area (Å²) in [6.45, 7) is 3.70. The summed E-state index contributed by atoms with van der Waals surface area (Å²) in [6.07, 6.45) is 5.61. The lowest BCUT2D eigenvalue weighted by molar-refractivity contribution is -0.132. The first-order chi connectivity index (χ1) is 6.03. The molecule has 0 aromatic heterocycles. The fourth-order valence-corrected chi connectivity index (χ4v) is 2.78. The third-order valence-corrected chi connectivity index (χ3v) is 3.54. The number of fused-ring (bicyclic) bond motifs is 2. The van der Waals surface area contributed by atoms with E-state index in [0.717, 1.165) is 12.8 Å². The molecule has 2 aliphatic carbocycles. The predicted molar refractivity (Wildman–Crippen MR) is 50.1 cm³/mol. The molecule has 4 atom stereocenters. The highest BCUT2D eigenvalue weighted by Crippen LogP contribution is 2.53. The summed E-state index contributed by atoms with van der Waals surface area (Å²) in [5.41, 5.74) is 0.0404. The van der Waals surface area contributed by atoms with Gasteiger partial charge in [0.05, 0.1) is 0 Å². The summed E-state index contributed by atoms with van der Waals surface area (Å²) in [5.74, 6) is 0.662. The minimum Gasteiger partial charge on any atom is -0.386 e. The summed E-state index contributed by atoms with van der Waals surface area (Å²) in [5, 5.41) is 9.25. The van der Waals surface area contributed by atoms with E-state index in [1.54, 1.807) is 6.92 Å². The molecule has 1 N–H and O–H groups in total. The second-order valence-corrected chi connectivity index (χ2v) is 4.70. The summed E-state index contributed by atoms with van der Waals surface area (Å²) < 4.78 is 0. The molecule has 0 radical (unpaired) electrons. The first-order valence-electron chi connectivity index (χ1n) is 4.94. The van der Waals surface area contributed by atoms with Gasteiger partial charge in [0, 0.05) is 5.92 Å². The zero-order valence-electron chi connectivity index (χ0n) is 8.16. The van der Waals surface area contributed by atoms with Crippen molar-refractivity contribution in [1.29, 1.82) is 0 Å². The predicted octanol–water partition coefficient (Wildman–Crippen LogP) is 1.54. The average Bonchev–Trinajstić information content (AvgIpc) is 2.57. The number of hydrogen-bond acceptors (Lipinski definition) is 2. The fraction of sp³-hybridized carbons (Fsp3) is 0.727. The maximum Gasteiger partial charge on any atom is 0.164 e. The van der Waals surface area contributed by atoms with Crippen LogP contribution in [0.1, 0.15) is 26.7 Å². The maximum absolute atomic E-state index is 11.7. The Kier molecular flexibility index (Phi) is 1.84. The van der Waals surface area contributed by atoms with Crippen LogP contribution in [0.25, 0.3) is 0 Å². The van der Waals surface area contributed by atoms with Crippen molar-refractivity contribution in [2.45, 2.75) is 32.8 Å². The zero-order chi connectivity index (χ0) is 9.64. The van der Waals surface area contributed by atoms with Crippen molar-refractivity contribution < 1.29 is 9.90 Å². The molecule has 0 heterocycles. The third-order valence-electron chi connectivity index (χ3n) is 3.54. The standard InChI is InChI=1S/C11H16O2/c1-7(12)10(13)9-5-8-3-4-11(9,2)6-8/h3-4,7-9,12H,5-6H2,1-2H3/t7-,8-,9-,11-/m0/s1. The highest BCUT2D eigenvalue weighted by atomic mass is 16.3. The first-order valence-corrected chi connectivity index (χ1v) is 4.94. The minimum absolute atomic E-state index is 0.0225. The fourth-order valence-electron chi connectivity index (χ4n) is 2.78. The van der Waals surface area contributed by atoms with Crippen molar-refractivity contribution >= 4 is 5.78 Å². The minimum atomic E-state index is -0.797. The molecule has 13 heavy (non-hydrogen) atoms. The highest BCUT2D eigenvalue weighted by molar-refractivity contribution is 5.86. The van der Waals surface area contributed by atoms with Crippen LogP contribution in [-0.2, 0) is 4.79 Å². The van der Waals surface area contributed by atoms with Crippen LogP contribution in [0.5, 0.6) is 0 Å². The topological polar surface area (TPSA) is 37.3 Å². The summed E-state index contributed by atoms with van der Waals surface area (Å²) in [6, 6.07) is 0. The van der Waals surface area contributed by atoms with E-state index in [9.17, 15) is 9.90 Å². The van der Waals surface area contributed by atoms with Crippen LogP contribution < -0.4 is 0 Å². The van der Waals surface area contributed by atoms with Crippen molar-refractivity contribution in [3.05, 3.63) is 12.2 Å². The first kappa shape index (κ1) is 8.95. The van der Waals surface area contributed by atoms with E-state index < -0.39 is 6.10 Å². The molecular weight excluding hydrogens is 164 g/mol. The number of ketones is 1. The van der Waals surface area contributed by atoms with Gasteiger partial charge < -0.3 is 5.11 Å². The Balaban J connectivity index is 2.19. The summed E-state index contributed by atoms with van der Waals surface area (Å²) in [4.78, 5) is 11.7. The lowest BCUT2D eigenvalue weighted by Gasteiger charge is -2.27. The van der Waals surface area contributed by atoms with Crippen LogP contribution in [0.2, 0.25) is 0 Å². The van der Waals surface area contributed by atoms with Crippen molar-refractivity contribution in [2.24, 2.45) is 17.3 Å². The Labute approximate surface area is 78.6 Å². The number of carbonyl (C=O) groups is 1. The zero-order valence-corrected chi connectivity index (χ0v) is 8.16. The van der Waals surface area contributed by atoms with Crippen molar-refractivity contribution in [1.82, 2.24) is 0 Å². The normalized spacial score (nSPS) is 43.9. The number of aliphatic hydroxyl groups excluding tert-OH is 1. The molecule has 0 saturated heterocycles. The smallest absolute Gasteiger partial charge is 0.164 e. The van der Waals surface area contributed by atoms with Crippen molar-refractivity contribution in [3.8, 4) is 0 Å². The molecule has 1 fully saturated rings. The molecule has 2 heteroatoms. The third kappa shape index (κ3) is 1.24. The molecule has 0 unspecified atom stereocenters. The van der Waals surface area contributed by atoms with Crippen LogP contribution in [-0.4, -0.2) is 17.0 Å². The van der Waals surface area contributed by atoms with E-state index in [-0.39, 0.29) is 17.1 Å². The second kappa shape index (κ2) is 2.68. The highest BCUT2D eigenvalue weighted by Gasteiger charge is 2.48. The van der Waals surface area contributed by atoms with Crippen LogP contribution in [0.3, 0.4) is 0 Å². The molecule has 2 nitrogen and oxygen atoms in total. The largest absolute Gasteiger partial charge is 0.386 e. The lowest BCUT2D eigenvalue weighted by Crippen LogP contribution is -2.33. The molecule has 2 rings (SSSR count). The van der Waals surface area contributed by atoms with Gasteiger partial charge in [0.25, 0.3) is 0 Å². The van der Waals surface area contributed by atoms with Gasteiger partial charge in [0.15, 0.2) is 5.78 Å². The van der Waals surface area contributed by atoms with E-state index in [1.807, 2.05) is 0 Å². The van der Waals surface area contributed by atoms with Gasteiger partial charge in [-0.2, -0.15) is 0 Å². The van der Waals surface area contributed by atoms with Crippen LogP contribution in [0, 0.1) is 17.3 Å². The van der Waals surface area contributed by atoms with E-state index in [1.165, 1.54) is 0 Å². The Morgan fingerprint density at radius 2 is 2.38 bits per heavy atom. The van der Waals surface area contributed by atoms with Crippen molar-refractivity contribution in [3.63, 3.8) is 0 Å². The number of carbonyl (C=O) groups excluding carboxylic acids is 1. The lowest BCUT2D eigenvalue weighted by atomic mass is 9.76. The Morgan fingerprint density at radius 1 is 1.69 bits per heavy atom. The molecule has 0 spiro atoms. The number of allylic oxidation sites excluding steroid dienone is 2. The molecule has 0 aromatic rings. The summed E-state index contributed by atoms with van der Waals surface area (Å²) >= 11 is 0. The van der Waals surface area contributed by atoms with Gasteiger partial charge in [-0.25, -0.2) is 0 Å². The molecule has 0 aliphatic heterocycles. The number of rotatable bonds is 2. The van der Waals surface area contributed by atoms with Gasteiger partial charge in [0.1, 0.15) is 6.10 Å². The van der Waals surface area contributed by atoms with Gasteiger partial charge in [-0.3, -0.25) is 4.79 Å².